The van der Waals surface area contributed by atoms with Crippen LogP contribution in [0.15, 0.2) is 11.3 Å². The number of ketones is 1. The number of Topliss-reactive ketones (excluding diaryl/α,β-unsaturated/α-hetero) is 1. The van der Waals surface area contributed by atoms with Crippen molar-refractivity contribution in [2.24, 2.45) is 11.3 Å². The van der Waals surface area contributed by atoms with Gasteiger partial charge in [0, 0.05) is 37.9 Å². The molecule has 0 spiro atoms. The molecule has 0 fully saturated rings. The molecule has 108 valence electrons. The first-order valence-corrected chi connectivity index (χ1v) is 6.82. The molecule has 0 saturated carbocycles. The number of allylic oxidation sites excluding steroid dienone is 1. The third-order valence-electron chi connectivity index (χ3n) is 3.78. The van der Waals surface area contributed by atoms with Crippen molar-refractivity contribution < 1.29 is 19.1 Å². The zero-order chi connectivity index (χ0) is 14.6. The van der Waals surface area contributed by atoms with Crippen LogP contribution >= 0.6 is 0 Å². The molecule has 1 unspecified atom stereocenters. The highest BCUT2D eigenvalue weighted by atomic mass is 16.5. The second-order valence-corrected chi connectivity index (χ2v) is 5.69. The molecule has 0 amide bonds. The van der Waals surface area contributed by atoms with Crippen LogP contribution in [0.25, 0.3) is 0 Å². The van der Waals surface area contributed by atoms with Crippen molar-refractivity contribution in [3.05, 3.63) is 11.3 Å². The van der Waals surface area contributed by atoms with Crippen molar-refractivity contribution in [3.8, 4) is 0 Å². The highest BCUT2D eigenvalue weighted by Gasteiger charge is 2.40. The first-order chi connectivity index (χ1) is 8.79. The van der Waals surface area contributed by atoms with E-state index >= 15 is 0 Å². The van der Waals surface area contributed by atoms with Gasteiger partial charge in [0.05, 0.1) is 6.61 Å². The molecule has 1 aliphatic carbocycles. The maximum absolute atomic E-state index is 12.4. The van der Waals surface area contributed by atoms with E-state index in [2.05, 4.69) is 0 Å². The van der Waals surface area contributed by atoms with Crippen molar-refractivity contribution >= 4 is 11.8 Å². The van der Waals surface area contributed by atoms with Crippen molar-refractivity contribution in [2.45, 2.75) is 47.5 Å². The molecule has 0 radical (unpaired) electrons. The Morgan fingerprint density at radius 2 is 2.05 bits per heavy atom. The van der Waals surface area contributed by atoms with E-state index in [0.717, 1.165) is 0 Å². The molecule has 1 aliphatic rings. The van der Waals surface area contributed by atoms with Gasteiger partial charge in [-0.3, -0.25) is 9.59 Å². The number of carbonyl (C=O) groups excluding carboxylic acids is 2. The first-order valence-electron chi connectivity index (χ1n) is 6.82. The Kier molecular flexibility index (Phi) is 5.29. The van der Waals surface area contributed by atoms with Gasteiger partial charge in [-0.25, -0.2) is 0 Å². The van der Waals surface area contributed by atoms with Gasteiger partial charge in [-0.1, -0.05) is 20.8 Å². The lowest BCUT2D eigenvalue weighted by Crippen LogP contribution is -2.36. The Bertz CT molecular complexity index is 393. The van der Waals surface area contributed by atoms with Gasteiger partial charge >= 0.3 is 5.97 Å². The third-order valence-corrected chi connectivity index (χ3v) is 3.78. The van der Waals surface area contributed by atoms with Crippen LogP contribution in [-0.4, -0.2) is 25.0 Å². The van der Waals surface area contributed by atoms with Crippen molar-refractivity contribution in [2.75, 3.05) is 13.2 Å². The van der Waals surface area contributed by atoms with Gasteiger partial charge in [-0.2, -0.15) is 0 Å². The van der Waals surface area contributed by atoms with Gasteiger partial charge in [0.15, 0.2) is 5.78 Å². The molecule has 0 aromatic heterocycles. The van der Waals surface area contributed by atoms with Crippen molar-refractivity contribution in [1.29, 1.82) is 0 Å². The lowest BCUT2D eigenvalue weighted by atomic mass is 9.68. The number of hydrogen-bond donors (Lipinski definition) is 0. The van der Waals surface area contributed by atoms with E-state index in [4.69, 9.17) is 9.47 Å². The molecule has 19 heavy (non-hydrogen) atoms. The van der Waals surface area contributed by atoms with Gasteiger partial charge in [0.1, 0.15) is 5.76 Å². The van der Waals surface area contributed by atoms with E-state index in [1.54, 1.807) is 0 Å². The van der Waals surface area contributed by atoms with Gasteiger partial charge < -0.3 is 9.47 Å². The summed E-state index contributed by atoms with van der Waals surface area (Å²) in [4.78, 5) is 23.6. The number of ether oxygens (including phenoxy) is 2. The molecular weight excluding hydrogens is 244 g/mol. The Balaban J connectivity index is 3.00. The minimum Gasteiger partial charge on any atom is -0.431 e. The molecule has 4 heteroatoms. The van der Waals surface area contributed by atoms with Gasteiger partial charge in [0.25, 0.3) is 0 Å². The van der Waals surface area contributed by atoms with E-state index in [-0.39, 0.29) is 23.1 Å². The molecule has 0 aromatic rings. The Hall–Kier alpha value is -1.16. The molecule has 0 heterocycles. The molecule has 0 aliphatic heterocycles. The minimum atomic E-state index is -0.373. The fraction of sp³-hybridized carbons (Fsp3) is 0.733. The number of carbonyl (C=O) groups is 2. The van der Waals surface area contributed by atoms with Gasteiger partial charge in [-0.15, -0.1) is 0 Å². The monoisotopic (exact) mass is 268 g/mol. The third kappa shape index (κ3) is 3.90. The molecule has 1 rings (SSSR count). The van der Waals surface area contributed by atoms with Crippen molar-refractivity contribution in [1.82, 2.24) is 0 Å². The molecular formula is C15H24O4. The normalized spacial score (nSPS) is 22.6. The van der Waals surface area contributed by atoms with E-state index in [1.165, 1.54) is 6.92 Å². The lowest BCUT2D eigenvalue weighted by Gasteiger charge is -2.37. The Morgan fingerprint density at radius 3 is 2.58 bits per heavy atom. The van der Waals surface area contributed by atoms with Crippen LogP contribution in [-0.2, 0) is 19.1 Å². The summed E-state index contributed by atoms with van der Waals surface area (Å²) in [5.74, 6) is 0.165. The topological polar surface area (TPSA) is 52.6 Å². The summed E-state index contributed by atoms with van der Waals surface area (Å²) < 4.78 is 10.6. The predicted octanol–water partition coefficient (Wildman–Crippen LogP) is 2.87. The zero-order valence-corrected chi connectivity index (χ0v) is 12.5. The Morgan fingerprint density at radius 1 is 1.42 bits per heavy atom. The minimum absolute atomic E-state index is 0.0663. The van der Waals surface area contributed by atoms with Crippen LogP contribution in [0.3, 0.4) is 0 Å². The summed E-state index contributed by atoms with van der Waals surface area (Å²) in [5.41, 5.74) is 0.437. The Labute approximate surface area is 115 Å². The largest absolute Gasteiger partial charge is 0.431 e. The highest BCUT2D eigenvalue weighted by molar-refractivity contribution is 5.99. The fourth-order valence-electron chi connectivity index (χ4n) is 2.28. The van der Waals surface area contributed by atoms with Crippen LogP contribution in [0.1, 0.15) is 47.5 Å². The average Bonchev–Trinajstić information content (AvgIpc) is 2.29. The van der Waals surface area contributed by atoms with E-state index in [0.29, 0.717) is 37.4 Å². The standard InChI is InChI=1S/C15H24O4/c1-6-18-8-7-12-13(19-11(3)16)9-15(4,5)10(2)14(12)17/h10H,6-9H2,1-5H3. The van der Waals surface area contributed by atoms with Crippen molar-refractivity contribution in [3.63, 3.8) is 0 Å². The smallest absolute Gasteiger partial charge is 0.307 e. The maximum atomic E-state index is 12.4. The predicted molar refractivity (Wildman–Crippen MR) is 72.5 cm³/mol. The number of rotatable bonds is 5. The van der Waals surface area contributed by atoms with E-state index < -0.39 is 0 Å². The SMILES string of the molecule is CCOCCC1=C(OC(C)=O)CC(C)(C)C(C)C1=O. The van der Waals surface area contributed by atoms with Crippen LogP contribution in [0, 0.1) is 11.3 Å². The van der Waals surface area contributed by atoms with Crippen LogP contribution in [0.4, 0.5) is 0 Å². The second kappa shape index (κ2) is 6.33. The van der Waals surface area contributed by atoms with Crippen LogP contribution in [0.5, 0.6) is 0 Å². The maximum Gasteiger partial charge on any atom is 0.307 e. The zero-order valence-electron chi connectivity index (χ0n) is 12.5. The molecule has 0 saturated heterocycles. The molecule has 0 bridgehead atoms. The lowest BCUT2D eigenvalue weighted by molar-refractivity contribution is -0.138. The second-order valence-electron chi connectivity index (χ2n) is 5.69. The molecule has 0 N–H and O–H groups in total. The average molecular weight is 268 g/mol. The summed E-state index contributed by atoms with van der Waals surface area (Å²) in [6.07, 6.45) is 1.12. The number of esters is 1. The molecule has 1 atom stereocenters. The molecule has 4 nitrogen and oxygen atoms in total. The van der Waals surface area contributed by atoms with E-state index in [9.17, 15) is 9.59 Å². The first kappa shape index (κ1) is 15.9. The molecule has 0 aromatic carbocycles. The van der Waals surface area contributed by atoms with Crippen LogP contribution < -0.4 is 0 Å². The van der Waals surface area contributed by atoms with Crippen LogP contribution in [0.2, 0.25) is 0 Å². The highest BCUT2D eigenvalue weighted by Crippen LogP contribution is 2.42. The summed E-state index contributed by atoms with van der Waals surface area (Å²) >= 11 is 0. The summed E-state index contributed by atoms with van der Waals surface area (Å²) in [6, 6.07) is 0. The fourth-order valence-corrected chi connectivity index (χ4v) is 2.28. The van der Waals surface area contributed by atoms with Gasteiger partial charge in [0.2, 0.25) is 0 Å². The summed E-state index contributed by atoms with van der Waals surface area (Å²) in [6.45, 7) is 10.4. The summed E-state index contributed by atoms with van der Waals surface area (Å²) in [5, 5.41) is 0. The van der Waals surface area contributed by atoms with E-state index in [1.807, 2.05) is 27.7 Å². The summed E-state index contributed by atoms with van der Waals surface area (Å²) in [7, 11) is 0. The number of hydrogen-bond acceptors (Lipinski definition) is 4. The van der Waals surface area contributed by atoms with Gasteiger partial charge in [-0.05, 0) is 12.3 Å². The quantitative estimate of drug-likeness (QED) is 0.568.